The van der Waals surface area contributed by atoms with Crippen molar-refractivity contribution in [3.8, 4) is 0 Å². The number of amides is 1. The average Bonchev–Trinajstić information content (AvgIpc) is 2.37. The first-order valence-electron chi connectivity index (χ1n) is 5.26. The minimum atomic E-state index is -0.450. The number of rotatable bonds is 4. The van der Waals surface area contributed by atoms with Gasteiger partial charge in [-0.05, 0) is 29.8 Å². The Morgan fingerprint density at radius 3 is 2.61 bits per heavy atom. The van der Waals surface area contributed by atoms with Gasteiger partial charge in [-0.2, -0.15) is 0 Å². The fourth-order valence-electron chi connectivity index (χ4n) is 1.54. The summed E-state index contributed by atoms with van der Waals surface area (Å²) in [5.41, 5.74) is 6.06. The van der Waals surface area contributed by atoms with Gasteiger partial charge in [0.25, 0.3) is 0 Å². The third-order valence-corrected chi connectivity index (χ3v) is 2.45. The molecule has 0 aliphatic heterocycles. The van der Waals surface area contributed by atoms with Gasteiger partial charge in [0.15, 0.2) is 0 Å². The number of anilines is 2. The van der Waals surface area contributed by atoms with Crippen LogP contribution < -0.4 is 10.6 Å². The maximum absolute atomic E-state index is 11.1. The van der Waals surface area contributed by atoms with Crippen LogP contribution in [0, 0.1) is 0 Å². The van der Waals surface area contributed by atoms with E-state index in [4.69, 9.17) is 17.3 Å². The van der Waals surface area contributed by atoms with Crippen LogP contribution in [-0.4, -0.2) is 22.4 Å². The highest BCUT2D eigenvalue weighted by atomic mass is 35.5. The van der Waals surface area contributed by atoms with E-state index in [1.165, 1.54) is 6.20 Å². The number of carbonyl (C=O) groups is 1. The zero-order valence-corrected chi connectivity index (χ0v) is 10.2. The van der Waals surface area contributed by atoms with Crippen LogP contribution in [0.5, 0.6) is 0 Å². The van der Waals surface area contributed by atoms with Crippen LogP contribution >= 0.6 is 11.6 Å². The van der Waals surface area contributed by atoms with E-state index in [-0.39, 0.29) is 11.8 Å². The molecular weight excluding hydrogens is 252 g/mol. The first-order chi connectivity index (χ1) is 8.66. The van der Waals surface area contributed by atoms with Gasteiger partial charge in [0, 0.05) is 11.9 Å². The summed E-state index contributed by atoms with van der Waals surface area (Å²) in [5.74, 6) is 0.0774. The largest absolute Gasteiger partial charge is 0.368 e. The number of carbonyl (C=O) groups excluding carboxylic acids is 1. The third-order valence-electron chi connectivity index (χ3n) is 2.27. The van der Waals surface area contributed by atoms with Crippen molar-refractivity contribution in [2.24, 2.45) is 5.73 Å². The summed E-state index contributed by atoms with van der Waals surface area (Å²) < 4.78 is 0. The fourth-order valence-corrected chi connectivity index (χ4v) is 1.69. The molecule has 0 aliphatic rings. The van der Waals surface area contributed by atoms with Gasteiger partial charge in [0.05, 0.1) is 0 Å². The van der Waals surface area contributed by atoms with E-state index in [2.05, 4.69) is 9.97 Å². The van der Waals surface area contributed by atoms with Gasteiger partial charge in [-0.25, -0.2) is 9.97 Å². The molecule has 0 fully saturated rings. The molecule has 0 saturated heterocycles. The molecule has 0 bridgehead atoms. The Labute approximate surface area is 109 Å². The van der Waals surface area contributed by atoms with Gasteiger partial charge in [-0.15, -0.1) is 0 Å². The predicted octanol–water partition coefficient (Wildman–Crippen LogP) is 1.75. The molecule has 0 spiro atoms. The molecule has 1 heterocycles. The van der Waals surface area contributed by atoms with E-state index in [1.54, 1.807) is 11.0 Å². The van der Waals surface area contributed by atoms with Crippen molar-refractivity contribution in [3.63, 3.8) is 0 Å². The summed E-state index contributed by atoms with van der Waals surface area (Å²) in [6.45, 7) is 0.0252. The van der Waals surface area contributed by atoms with Crippen LogP contribution in [0.15, 0.2) is 42.6 Å². The standard InChI is InChI=1S/C12H11ClN4O/c13-12-15-7-6-11(16-12)17(8-10(14)18)9-4-2-1-3-5-9/h1-7H,8H2,(H2,14,18). The number of benzene rings is 1. The van der Waals surface area contributed by atoms with E-state index in [0.29, 0.717) is 5.82 Å². The number of aromatic nitrogens is 2. The van der Waals surface area contributed by atoms with Gasteiger partial charge in [-0.3, -0.25) is 4.79 Å². The molecule has 2 aromatic rings. The highest BCUT2D eigenvalue weighted by Gasteiger charge is 2.13. The van der Waals surface area contributed by atoms with Crippen LogP contribution in [0.2, 0.25) is 5.28 Å². The highest BCUT2D eigenvalue weighted by molar-refractivity contribution is 6.28. The maximum Gasteiger partial charge on any atom is 0.237 e. The van der Waals surface area contributed by atoms with Crippen molar-refractivity contribution >= 4 is 29.0 Å². The molecule has 2 rings (SSSR count). The Balaban J connectivity index is 2.40. The number of nitrogens with zero attached hydrogens (tertiary/aromatic N) is 3. The summed E-state index contributed by atoms with van der Waals surface area (Å²) in [6.07, 6.45) is 1.53. The van der Waals surface area contributed by atoms with Crippen LogP contribution in [0.25, 0.3) is 0 Å². The Hall–Kier alpha value is -2.14. The summed E-state index contributed by atoms with van der Waals surface area (Å²) in [4.78, 5) is 20.7. The van der Waals surface area contributed by atoms with Crippen molar-refractivity contribution < 1.29 is 4.79 Å². The quantitative estimate of drug-likeness (QED) is 0.852. The second-order valence-corrected chi connectivity index (χ2v) is 3.91. The average molecular weight is 263 g/mol. The van der Waals surface area contributed by atoms with Crippen molar-refractivity contribution in [2.45, 2.75) is 0 Å². The van der Waals surface area contributed by atoms with Crippen molar-refractivity contribution in [2.75, 3.05) is 11.4 Å². The smallest absolute Gasteiger partial charge is 0.237 e. The second-order valence-electron chi connectivity index (χ2n) is 3.57. The molecule has 0 unspecified atom stereocenters. The van der Waals surface area contributed by atoms with E-state index in [9.17, 15) is 4.79 Å². The number of para-hydroxylation sites is 1. The van der Waals surface area contributed by atoms with Gasteiger partial charge in [0.2, 0.25) is 11.2 Å². The zero-order valence-electron chi connectivity index (χ0n) is 9.45. The molecule has 92 valence electrons. The monoisotopic (exact) mass is 262 g/mol. The summed E-state index contributed by atoms with van der Waals surface area (Å²) >= 11 is 5.75. The van der Waals surface area contributed by atoms with Crippen molar-refractivity contribution in [3.05, 3.63) is 47.9 Å². The summed E-state index contributed by atoms with van der Waals surface area (Å²) in [5, 5.41) is 0.123. The molecule has 2 N–H and O–H groups in total. The van der Waals surface area contributed by atoms with Crippen LogP contribution in [0.4, 0.5) is 11.5 Å². The minimum absolute atomic E-state index is 0.0252. The molecule has 18 heavy (non-hydrogen) atoms. The molecular formula is C12H11ClN4O. The van der Waals surface area contributed by atoms with Crippen LogP contribution in [0.3, 0.4) is 0 Å². The third kappa shape index (κ3) is 2.95. The van der Waals surface area contributed by atoms with Gasteiger partial charge >= 0.3 is 0 Å². The van der Waals surface area contributed by atoms with Crippen LogP contribution in [0.1, 0.15) is 0 Å². The SMILES string of the molecule is NC(=O)CN(c1ccccc1)c1ccnc(Cl)n1. The Morgan fingerprint density at radius 1 is 1.28 bits per heavy atom. The summed E-state index contributed by atoms with van der Waals surface area (Å²) in [6, 6.07) is 11.0. The van der Waals surface area contributed by atoms with Gasteiger partial charge in [0.1, 0.15) is 12.4 Å². The second kappa shape index (κ2) is 5.46. The molecule has 1 amide bonds. The van der Waals surface area contributed by atoms with E-state index in [1.807, 2.05) is 30.3 Å². The lowest BCUT2D eigenvalue weighted by Gasteiger charge is -2.22. The number of hydrogen-bond donors (Lipinski definition) is 1. The van der Waals surface area contributed by atoms with Crippen molar-refractivity contribution in [1.82, 2.24) is 9.97 Å². The molecule has 0 aliphatic carbocycles. The Bertz CT molecular complexity index is 547. The maximum atomic E-state index is 11.1. The topological polar surface area (TPSA) is 72.1 Å². The Kier molecular flexibility index (Phi) is 3.74. The lowest BCUT2D eigenvalue weighted by Crippen LogP contribution is -2.30. The molecule has 0 radical (unpaired) electrons. The van der Waals surface area contributed by atoms with Gasteiger partial charge in [-0.1, -0.05) is 18.2 Å². The normalized spacial score (nSPS) is 10.1. The molecule has 0 atom stereocenters. The number of halogens is 1. The first-order valence-corrected chi connectivity index (χ1v) is 5.64. The number of hydrogen-bond acceptors (Lipinski definition) is 4. The van der Waals surface area contributed by atoms with E-state index >= 15 is 0 Å². The highest BCUT2D eigenvalue weighted by Crippen LogP contribution is 2.23. The van der Waals surface area contributed by atoms with E-state index in [0.717, 1.165) is 5.69 Å². The molecule has 6 heteroatoms. The number of primary amides is 1. The number of nitrogens with two attached hydrogens (primary N) is 1. The fraction of sp³-hybridized carbons (Fsp3) is 0.0833. The zero-order chi connectivity index (χ0) is 13.0. The summed E-state index contributed by atoms with van der Waals surface area (Å²) in [7, 11) is 0. The van der Waals surface area contributed by atoms with Crippen molar-refractivity contribution in [1.29, 1.82) is 0 Å². The molecule has 0 saturated carbocycles. The van der Waals surface area contributed by atoms with E-state index < -0.39 is 5.91 Å². The first kappa shape index (κ1) is 12.3. The minimum Gasteiger partial charge on any atom is -0.368 e. The molecule has 1 aromatic heterocycles. The predicted molar refractivity (Wildman–Crippen MR) is 69.7 cm³/mol. The molecule has 1 aromatic carbocycles. The lowest BCUT2D eigenvalue weighted by atomic mass is 10.3. The lowest BCUT2D eigenvalue weighted by molar-refractivity contribution is -0.116. The Morgan fingerprint density at radius 2 is 2.00 bits per heavy atom. The molecule has 5 nitrogen and oxygen atoms in total. The van der Waals surface area contributed by atoms with Gasteiger partial charge < -0.3 is 10.6 Å². The van der Waals surface area contributed by atoms with Crippen LogP contribution in [-0.2, 0) is 4.79 Å².